The van der Waals surface area contributed by atoms with Crippen LogP contribution in [0.15, 0.2) is 12.1 Å². The molecule has 0 radical (unpaired) electrons. The Morgan fingerprint density at radius 1 is 1.56 bits per heavy atom. The molecule has 0 fully saturated rings. The van der Waals surface area contributed by atoms with Gasteiger partial charge in [0.2, 0.25) is 11.5 Å². The summed E-state index contributed by atoms with van der Waals surface area (Å²) in [5.74, 6) is -2.83. The van der Waals surface area contributed by atoms with Crippen LogP contribution in [0.4, 0.5) is 10.1 Å². The van der Waals surface area contributed by atoms with E-state index in [0.29, 0.717) is 0 Å². The second kappa shape index (κ2) is 4.23. The minimum Gasteiger partial charge on any atom is -0.456 e. The summed E-state index contributed by atoms with van der Waals surface area (Å²) in [6, 6.07) is 1.97. The Balaban J connectivity index is 3.29. The fraction of sp³-hybridized carbons (Fsp3) is 0.333. The smallest absolute Gasteiger partial charge is 0.332 e. The molecule has 1 N–H and O–H groups in total. The van der Waals surface area contributed by atoms with Gasteiger partial charge in [0.05, 0.1) is 4.92 Å². The summed E-state index contributed by atoms with van der Waals surface area (Å²) in [5.41, 5.74) is -0.705. The molecule has 0 aliphatic rings. The molecule has 7 heteroatoms. The van der Waals surface area contributed by atoms with Crippen molar-refractivity contribution in [3.63, 3.8) is 0 Å². The van der Waals surface area contributed by atoms with Crippen molar-refractivity contribution >= 4 is 17.3 Å². The maximum Gasteiger partial charge on any atom is 0.332 e. The number of hydrogen-bond donors (Lipinski definition) is 1. The van der Waals surface area contributed by atoms with E-state index in [1.807, 2.05) is 0 Å². The first kappa shape index (κ1) is 12.7. The van der Waals surface area contributed by atoms with Crippen LogP contribution in [0.3, 0.4) is 0 Å². The van der Waals surface area contributed by atoms with Crippen LogP contribution in [-0.2, 0) is 0 Å². The lowest BCUT2D eigenvalue weighted by Gasteiger charge is -2.19. The fourth-order valence-electron chi connectivity index (χ4n) is 1.04. The highest BCUT2D eigenvalue weighted by Crippen LogP contribution is 2.37. The Bertz CT molecular complexity index is 430. The third-order valence-corrected chi connectivity index (χ3v) is 1.93. The first-order chi connectivity index (χ1) is 7.22. The third kappa shape index (κ3) is 2.80. The molecule has 0 bridgehead atoms. The van der Waals surface area contributed by atoms with Gasteiger partial charge < -0.3 is 9.84 Å². The van der Waals surface area contributed by atoms with Gasteiger partial charge >= 0.3 is 5.69 Å². The van der Waals surface area contributed by atoms with Crippen molar-refractivity contribution in [1.29, 1.82) is 0 Å². The van der Waals surface area contributed by atoms with E-state index in [2.05, 4.69) is 0 Å². The van der Waals surface area contributed by atoms with Gasteiger partial charge in [0.25, 0.3) is 0 Å². The highest BCUT2D eigenvalue weighted by Gasteiger charge is 2.27. The quantitative estimate of drug-likeness (QED) is 0.507. The van der Waals surface area contributed by atoms with Gasteiger partial charge in [0, 0.05) is 13.8 Å². The predicted molar refractivity (Wildman–Crippen MR) is 55.0 cm³/mol. The van der Waals surface area contributed by atoms with E-state index in [4.69, 9.17) is 16.3 Å². The molecule has 1 rings (SSSR count). The Hall–Kier alpha value is -1.40. The van der Waals surface area contributed by atoms with E-state index in [1.165, 1.54) is 13.8 Å². The number of halogens is 2. The largest absolute Gasteiger partial charge is 0.456 e. The van der Waals surface area contributed by atoms with Crippen molar-refractivity contribution < 1.29 is 19.2 Å². The van der Waals surface area contributed by atoms with Gasteiger partial charge in [0.1, 0.15) is 5.82 Å². The van der Waals surface area contributed by atoms with Crippen LogP contribution in [0.25, 0.3) is 0 Å². The van der Waals surface area contributed by atoms with Crippen LogP contribution in [0.2, 0.25) is 5.02 Å². The highest BCUT2D eigenvalue weighted by molar-refractivity contribution is 6.33. The normalized spacial score (nSPS) is 11.3. The summed E-state index contributed by atoms with van der Waals surface area (Å²) < 4.78 is 17.9. The molecule has 1 aromatic rings. The molecule has 16 heavy (non-hydrogen) atoms. The van der Waals surface area contributed by atoms with Gasteiger partial charge in [-0.3, -0.25) is 10.1 Å². The van der Waals surface area contributed by atoms with Gasteiger partial charge in [-0.1, -0.05) is 11.6 Å². The number of nitrogens with zero attached hydrogens (tertiary/aromatic N) is 1. The molecule has 1 aromatic carbocycles. The molecule has 0 atom stereocenters. The lowest BCUT2D eigenvalue weighted by atomic mass is 10.2. The van der Waals surface area contributed by atoms with Crippen molar-refractivity contribution in [2.45, 2.75) is 19.6 Å². The highest BCUT2D eigenvalue weighted by atomic mass is 35.5. The number of hydrogen-bond acceptors (Lipinski definition) is 4. The van der Waals surface area contributed by atoms with Crippen LogP contribution >= 0.6 is 11.6 Å². The maximum atomic E-state index is 13.0. The fourth-order valence-corrected chi connectivity index (χ4v) is 1.27. The van der Waals surface area contributed by atoms with Crippen LogP contribution in [0.5, 0.6) is 5.75 Å². The average Bonchev–Trinajstić information content (AvgIpc) is 2.08. The predicted octanol–water partition coefficient (Wildman–Crippen LogP) is 2.49. The summed E-state index contributed by atoms with van der Waals surface area (Å²) in [6.45, 7) is 2.57. The minimum atomic E-state index is -1.62. The number of rotatable bonds is 3. The molecule has 0 saturated carbocycles. The summed E-state index contributed by atoms with van der Waals surface area (Å²) in [5, 5.41) is 19.4. The van der Waals surface area contributed by atoms with Crippen LogP contribution < -0.4 is 4.74 Å². The summed E-state index contributed by atoms with van der Waals surface area (Å²) in [6.07, 6.45) is 0. The van der Waals surface area contributed by atoms with E-state index in [1.54, 1.807) is 0 Å². The molecule has 88 valence electrons. The molecular formula is C9H9ClFNO4. The summed E-state index contributed by atoms with van der Waals surface area (Å²) >= 11 is 5.44. The molecule has 0 aliphatic heterocycles. The first-order valence-corrected chi connectivity index (χ1v) is 4.64. The van der Waals surface area contributed by atoms with Gasteiger partial charge in [-0.2, -0.15) is 0 Å². The standard InChI is InChI=1S/C9H9ClFNO4/c1-9(2,13)16-6-4-3-5(11)7(10)8(6)12(14)15/h3-4,13H,1-2H3. The van der Waals surface area contributed by atoms with E-state index < -0.39 is 27.2 Å². The van der Waals surface area contributed by atoms with Gasteiger partial charge in [-0.25, -0.2) is 4.39 Å². The Morgan fingerprint density at radius 2 is 2.12 bits per heavy atom. The number of nitro groups is 1. The number of nitro benzene ring substituents is 1. The summed E-state index contributed by atoms with van der Waals surface area (Å²) in [4.78, 5) is 9.80. The molecule has 0 unspecified atom stereocenters. The summed E-state index contributed by atoms with van der Waals surface area (Å²) in [7, 11) is 0. The Morgan fingerprint density at radius 3 is 2.56 bits per heavy atom. The Kier molecular flexibility index (Phi) is 3.35. The maximum absolute atomic E-state index is 13.0. The molecule has 0 saturated heterocycles. The zero-order chi connectivity index (χ0) is 12.5. The zero-order valence-corrected chi connectivity index (χ0v) is 9.29. The van der Waals surface area contributed by atoms with Crippen molar-refractivity contribution in [3.8, 4) is 5.75 Å². The third-order valence-electron chi connectivity index (χ3n) is 1.57. The Labute approximate surface area is 95.6 Å². The topological polar surface area (TPSA) is 72.6 Å². The molecule has 0 aliphatic carbocycles. The minimum absolute atomic E-state index is 0.288. The molecule has 0 spiro atoms. The molecule has 0 heterocycles. The monoisotopic (exact) mass is 249 g/mol. The lowest BCUT2D eigenvalue weighted by molar-refractivity contribution is -0.386. The van der Waals surface area contributed by atoms with E-state index in [-0.39, 0.29) is 5.75 Å². The first-order valence-electron chi connectivity index (χ1n) is 4.26. The van der Waals surface area contributed by atoms with E-state index in [9.17, 15) is 19.6 Å². The van der Waals surface area contributed by atoms with Crippen LogP contribution in [0, 0.1) is 15.9 Å². The molecule has 5 nitrogen and oxygen atoms in total. The second-order valence-electron chi connectivity index (χ2n) is 3.51. The second-order valence-corrected chi connectivity index (χ2v) is 3.89. The molecule has 0 amide bonds. The number of ether oxygens (including phenoxy) is 1. The van der Waals surface area contributed by atoms with Gasteiger partial charge in [-0.05, 0) is 12.1 Å². The molecular weight excluding hydrogens is 241 g/mol. The van der Waals surface area contributed by atoms with Crippen LogP contribution in [0.1, 0.15) is 13.8 Å². The SMILES string of the molecule is CC(C)(O)Oc1ccc(F)c(Cl)c1[N+](=O)[O-]. The van der Waals surface area contributed by atoms with E-state index >= 15 is 0 Å². The molecule has 0 aromatic heterocycles. The average molecular weight is 250 g/mol. The van der Waals surface area contributed by atoms with Crippen molar-refractivity contribution in [2.75, 3.05) is 0 Å². The van der Waals surface area contributed by atoms with E-state index in [0.717, 1.165) is 12.1 Å². The number of aliphatic hydroxyl groups is 1. The van der Waals surface area contributed by atoms with Crippen molar-refractivity contribution in [2.24, 2.45) is 0 Å². The van der Waals surface area contributed by atoms with Gasteiger partial charge in [-0.15, -0.1) is 0 Å². The lowest BCUT2D eigenvalue weighted by Crippen LogP contribution is -2.27. The van der Waals surface area contributed by atoms with Crippen LogP contribution in [-0.4, -0.2) is 15.8 Å². The zero-order valence-electron chi connectivity index (χ0n) is 8.53. The van der Waals surface area contributed by atoms with Crippen molar-refractivity contribution in [3.05, 3.63) is 33.1 Å². The van der Waals surface area contributed by atoms with Crippen molar-refractivity contribution in [1.82, 2.24) is 0 Å². The van der Waals surface area contributed by atoms with Gasteiger partial charge in [0.15, 0.2) is 5.02 Å². The number of benzene rings is 1.